The average Bonchev–Trinajstić information content (AvgIpc) is 3.09. The summed E-state index contributed by atoms with van der Waals surface area (Å²) in [4.78, 5) is 0. The summed E-state index contributed by atoms with van der Waals surface area (Å²) in [6, 6.07) is 10.6. The summed E-state index contributed by atoms with van der Waals surface area (Å²) in [6.07, 6.45) is 2.33. The second-order valence-corrected chi connectivity index (χ2v) is 4.93. The van der Waals surface area contributed by atoms with Crippen LogP contribution in [0.5, 0.6) is 0 Å². The number of H-pyrrole nitrogens is 1. The molecule has 3 rings (SSSR count). The SMILES string of the molecule is CCn1c(C2(c3ccccc3)CC2)n[nH]c1=S. The van der Waals surface area contributed by atoms with E-state index in [2.05, 4.69) is 52.0 Å². The summed E-state index contributed by atoms with van der Waals surface area (Å²) in [6.45, 7) is 2.98. The molecule has 0 spiro atoms. The number of hydrogen-bond donors (Lipinski definition) is 1. The van der Waals surface area contributed by atoms with Crippen LogP contribution < -0.4 is 0 Å². The van der Waals surface area contributed by atoms with Crippen LogP contribution in [0.1, 0.15) is 31.2 Å². The Labute approximate surface area is 105 Å². The van der Waals surface area contributed by atoms with E-state index in [4.69, 9.17) is 12.2 Å². The number of nitrogens with one attached hydrogen (secondary N) is 1. The maximum Gasteiger partial charge on any atom is 0.195 e. The number of aromatic amines is 1. The van der Waals surface area contributed by atoms with Gasteiger partial charge in [0.2, 0.25) is 0 Å². The molecule has 1 aliphatic carbocycles. The molecule has 1 aliphatic rings. The molecule has 1 heterocycles. The van der Waals surface area contributed by atoms with Crippen molar-refractivity contribution < 1.29 is 0 Å². The normalized spacial score (nSPS) is 17.0. The Kier molecular flexibility index (Phi) is 2.40. The minimum Gasteiger partial charge on any atom is -0.304 e. The zero-order chi connectivity index (χ0) is 11.9. The minimum atomic E-state index is 0.102. The van der Waals surface area contributed by atoms with Crippen LogP contribution in [0.4, 0.5) is 0 Å². The molecule has 1 fully saturated rings. The third kappa shape index (κ3) is 1.55. The van der Waals surface area contributed by atoms with Crippen molar-refractivity contribution in [3.63, 3.8) is 0 Å². The van der Waals surface area contributed by atoms with Crippen LogP contribution in [0, 0.1) is 4.77 Å². The van der Waals surface area contributed by atoms with Crippen molar-refractivity contribution in [3.8, 4) is 0 Å². The second kappa shape index (κ2) is 3.81. The Morgan fingerprint density at radius 3 is 2.65 bits per heavy atom. The van der Waals surface area contributed by atoms with E-state index < -0.39 is 0 Å². The van der Waals surface area contributed by atoms with Gasteiger partial charge in [0.05, 0.1) is 5.41 Å². The Hall–Kier alpha value is -1.42. The fourth-order valence-electron chi connectivity index (χ4n) is 2.50. The van der Waals surface area contributed by atoms with Crippen molar-refractivity contribution in [2.45, 2.75) is 31.7 Å². The molecule has 0 saturated heterocycles. The second-order valence-electron chi connectivity index (χ2n) is 4.54. The van der Waals surface area contributed by atoms with E-state index in [0.717, 1.165) is 30.0 Å². The molecule has 1 aromatic carbocycles. The zero-order valence-electron chi connectivity index (χ0n) is 9.81. The molecule has 0 aliphatic heterocycles. The first kappa shape index (κ1) is 10.7. The predicted molar refractivity (Wildman–Crippen MR) is 69.5 cm³/mol. The lowest BCUT2D eigenvalue weighted by Crippen LogP contribution is -2.16. The molecule has 0 amide bonds. The Bertz CT molecular complexity index is 578. The summed E-state index contributed by atoms with van der Waals surface area (Å²) in [5, 5.41) is 7.36. The molecule has 0 bridgehead atoms. The van der Waals surface area contributed by atoms with E-state index in [1.54, 1.807) is 0 Å². The number of aromatic nitrogens is 3. The van der Waals surface area contributed by atoms with E-state index in [1.807, 2.05) is 0 Å². The van der Waals surface area contributed by atoms with Crippen molar-refractivity contribution >= 4 is 12.2 Å². The molecule has 4 heteroatoms. The van der Waals surface area contributed by atoms with E-state index in [-0.39, 0.29) is 5.41 Å². The number of hydrogen-bond acceptors (Lipinski definition) is 2. The first-order valence-corrected chi connectivity index (χ1v) is 6.40. The van der Waals surface area contributed by atoms with Crippen molar-refractivity contribution in [3.05, 3.63) is 46.5 Å². The lowest BCUT2D eigenvalue weighted by Gasteiger charge is -2.15. The highest BCUT2D eigenvalue weighted by atomic mass is 32.1. The van der Waals surface area contributed by atoms with Gasteiger partial charge in [0.15, 0.2) is 4.77 Å². The maximum atomic E-state index is 5.26. The fourth-order valence-corrected chi connectivity index (χ4v) is 2.76. The molecule has 88 valence electrons. The van der Waals surface area contributed by atoms with Gasteiger partial charge in [0.1, 0.15) is 5.82 Å². The topological polar surface area (TPSA) is 33.6 Å². The fraction of sp³-hybridized carbons (Fsp3) is 0.385. The third-order valence-corrected chi connectivity index (χ3v) is 3.89. The van der Waals surface area contributed by atoms with E-state index in [9.17, 15) is 0 Å². The predicted octanol–water partition coefficient (Wildman–Crippen LogP) is 3.04. The quantitative estimate of drug-likeness (QED) is 0.843. The molecule has 1 saturated carbocycles. The van der Waals surface area contributed by atoms with Crippen LogP contribution in [-0.2, 0) is 12.0 Å². The highest BCUT2D eigenvalue weighted by molar-refractivity contribution is 7.71. The Balaban J connectivity index is 2.13. The Morgan fingerprint density at radius 2 is 2.06 bits per heavy atom. The van der Waals surface area contributed by atoms with Crippen molar-refractivity contribution in [2.75, 3.05) is 0 Å². The van der Waals surface area contributed by atoms with Gasteiger partial charge in [-0.15, -0.1) is 0 Å². The molecule has 0 atom stereocenters. The first-order chi connectivity index (χ1) is 8.28. The van der Waals surface area contributed by atoms with Crippen LogP contribution in [0.2, 0.25) is 0 Å². The molecule has 1 N–H and O–H groups in total. The van der Waals surface area contributed by atoms with Crippen molar-refractivity contribution in [2.24, 2.45) is 0 Å². The standard InChI is InChI=1S/C13H15N3S/c1-2-16-11(14-15-12(16)17)13(8-9-13)10-6-4-3-5-7-10/h3-7H,2,8-9H2,1H3,(H,15,17). The van der Waals surface area contributed by atoms with Gasteiger partial charge in [-0.25, -0.2) is 0 Å². The van der Waals surface area contributed by atoms with Gasteiger partial charge < -0.3 is 4.57 Å². The van der Waals surface area contributed by atoms with Gasteiger partial charge in [0.25, 0.3) is 0 Å². The molecular weight excluding hydrogens is 230 g/mol. The van der Waals surface area contributed by atoms with Crippen molar-refractivity contribution in [1.82, 2.24) is 14.8 Å². The van der Waals surface area contributed by atoms with Gasteiger partial charge in [-0.2, -0.15) is 5.10 Å². The summed E-state index contributed by atoms with van der Waals surface area (Å²) >= 11 is 5.26. The first-order valence-electron chi connectivity index (χ1n) is 5.99. The molecule has 0 radical (unpaired) electrons. The average molecular weight is 245 g/mol. The van der Waals surface area contributed by atoms with Gasteiger partial charge in [-0.1, -0.05) is 30.3 Å². The molecule has 3 nitrogen and oxygen atoms in total. The molecule has 17 heavy (non-hydrogen) atoms. The van der Waals surface area contributed by atoms with E-state index in [1.165, 1.54) is 5.56 Å². The minimum absolute atomic E-state index is 0.102. The zero-order valence-corrected chi connectivity index (χ0v) is 10.6. The molecule has 1 aromatic heterocycles. The summed E-state index contributed by atoms with van der Waals surface area (Å²) in [5.74, 6) is 1.09. The van der Waals surface area contributed by atoms with Crippen LogP contribution in [-0.4, -0.2) is 14.8 Å². The van der Waals surface area contributed by atoms with Gasteiger partial charge in [-0.05, 0) is 37.5 Å². The van der Waals surface area contributed by atoms with E-state index >= 15 is 0 Å². The van der Waals surface area contributed by atoms with E-state index in [0.29, 0.717) is 0 Å². The lowest BCUT2D eigenvalue weighted by atomic mass is 9.95. The maximum absolute atomic E-state index is 5.26. The Morgan fingerprint density at radius 1 is 1.35 bits per heavy atom. The number of benzene rings is 1. The molecule has 0 unspecified atom stereocenters. The van der Waals surface area contributed by atoms with Crippen LogP contribution in [0.25, 0.3) is 0 Å². The smallest absolute Gasteiger partial charge is 0.195 e. The number of rotatable bonds is 3. The monoisotopic (exact) mass is 245 g/mol. The molecule has 2 aromatic rings. The highest BCUT2D eigenvalue weighted by Gasteiger charge is 2.49. The van der Waals surface area contributed by atoms with Crippen LogP contribution in [0.3, 0.4) is 0 Å². The largest absolute Gasteiger partial charge is 0.304 e. The summed E-state index contributed by atoms with van der Waals surface area (Å²) in [5.41, 5.74) is 1.45. The van der Waals surface area contributed by atoms with Gasteiger partial charge >= 0.3 is 0 Å². The summed E-state index contributed by atoms with van der Waals surface area (Å²) in [7, 11) is 0. The van der Waals surface area contributed by atoms with Gasteiger partial charge in [0, 0.05) is 6.54 Å². The molecular formula is C13H15N3S. The number of nitrogens with zero attached hydrogens (tertiary/aromatic N) is 2. The summed E-state index contributed by atoms with van der Waals surface area (Å²) < 4.78 is 2.83. The van der Waals surface area contributed by atoms with Gasteiger partial charge in [-0.3, -0.25) is 5.10 Å². The highest BCUT2D eigenvalue weighted by Crippen LogP contribution is 2.52. The third-order valence-electron chi connectivity index (χ3n) is 3.58. The van der Waals surface area contributed by atoms with Crippen molar-refractivity contribution in [1.29, 1.82) is 0 Å². The van der Waals surface area contributed by atoms with Crippen LogP contribution in [0.15, 0.2) is 30.3 Å². The lowest BCUT2D eigenvalue weighted by molar-refractivity contribution is 0.635. The van der Waals surface area contributed by atoms with Crippen LogP contribution >= 0.6 is 12.2 Å².